The first-order valence-corrected chi connectivity index (χ1v) is 10.2. The van der Waals surface area contributed by atoms with Crippen molar-refractivity contribution in [2.24, 2.45) is 0 Å². The predicted octanol–water partition coefficient (Wildman–Crippen LogP) is 3.65. The Bertz CT molecular complexity index is 892. The van der Waals surface area contributed by atoms with E-state index in [1.165, 1.54) is 0 Å². The number of carbonyl (C=O) groups excluding carboxylic acids is 1. The molecule has 2 aromatic heterocycles. The third-order valence-electron chi connectivity index (χ3n) is 5.32. The van der Waals surface area contributed by atoms with Crippen LogP contribution in [0, 0.1) is 0 Å². The second kappa shape index (κ2) is 6.76. The van der Waals surface area contributed by atoms with E-state index in [9.17, 15) is 4.79 Å². The first-order valence-electron chi connectivity index (χ1n) is 9.80. The SMILES string of the molecule is CC(C)n1cnc2nc(Cl)nc(N3CC4CCC(C3)N4C(=O)OC(C)(C)C)c21. The number of rotatable bonds is 2. The van der Waals surface area contributed by atoms with Gasteiger partial charge in [-0.2, -0.15) is 9.97 Å². The summed E-state index contributed by atoms with van der Waals surface area (Å²) in [5, 5.41) is 0.193. The van der Waals surface area contributed by atoms with Crippen LogP contribution in [-0.4, -0.2) is 61.3 Å². The average molecular weight is 407 g/mol. The molecule has 4 heterocycles. The van der Waals surface area contributed by atoms with Crippen molar-refractivity contribution in [2.45, 2.75) is 71.2 Å². The van der Waals surface area contributed by atoms with E-state index in [-0.39, 0.29) is 29.5 Å². The molecular formula is C19H27ClN6O2. The molecule has 2 atom stereocenters. The van der Waals surface area contributed by atoms with Crippen molar-refractivity contribution >= 4 is 34.7 Å². The number of amides is 1. The number of hydrogen-bond donors (Lipinski definition) is 0. The Labute approximate surface area is 169 Å². The number of ether oxygens (including phenoxy) is 1. The zero-order valence-corrected chi connectivity index (χ0v) is 17.8. The first-order chi connectivity index (χ1) is 13.1. The minimum atomic E-state index is -0.496. The summed E-state index contributed by atoms with van der Waals surface area (Å²) in [6.07, 6.45) is 3.49. The number of imidazole rings is 1. The molecule has 0 saturated carbocycles. The van der Waals surface area contributed by atoms with Gasteiger partial charge in [0.05, 0.1) is 18.4 Å². The van der Waals surface area contributed by atoms with Gasteiger partial charge in [-0.05, 0) is 59.1 Å². The lowest BCUT2D eigenvalue weighted by Gasteiger charge is -2.42. The van der Waals surface area contributed by atoms with Crippen LogP contribution in [-0.2, 0) is 4.74 Å². The van der Waals surface area contributed by atoms with Gasteiger partial charge in [0, 0.05) is 19.1 Å². The van der Waals surface area contributed by atoms with Crippen molar-refractivity contribution in [2.75, 3.05) is 18.0 Å². The monoisotopic (exact) mass is 406 g/mol. The zero-order valence-electron chi connectivity index (χ0n) is 17.0. The summed E-state index contributed by atoms with van der Waals surface area (Å²) in [6.45, 7) is 11.3. The summed E-state index contributed by atoms with van der Waals surface area (Å²) >= 11 is 6.19. The molecule has 2 saturated heterocycles. The molecule has 0 N–H and O–H groups in total. The van der Waals surface area contributed by atoms with E-state index in [1.54, 1.807) is 6.33 Å². The van der Waals surface area contributed by atoms with Crippen LogP contribution in [0.25, 0.3) is 11.2 Å². The standard InChI is InChI=1S/C19H27ClN6O2/c1-11(2)25-10-21-15-14(25)16(23-17(20)22-15)24-8-12-6-7-13(9-24)26(12)18(27)28-19(3,4)5/h10-13H,6-9H2,1-5H3. The molecule has 2 unspecified atom stereocenters. The van der Waals surface area contributed by atoms with Gasteiger partial charge < -0.3 is 14.2 Å². The summed E-state index contributed by atoms with van der Waals surface area (Å²) in [4.78, 5) is 30.1. The lowest BCUT2D eigenvalue weighted by molar-refractivity contribution is 0.0123. The van der Waals surface area contributed by atoms with Gasteiger partial charge in [-0.15, -0.1) is 0 Å². The fourth-order valence-corrected chi connectivity index (χ4v) is 4.36. The number of piperazine rings is 1. The molecule has 9 heteroatoms. The van der Waals surface area contributed by atoms with Gasteiger partial charge in [0.2, 0.25) is 5.28 Å². The van der Waals surface area contributed by atoms with Crippen molar-refractivity contribution < 1.29 is 9.53 Å². The lowest BCUT2D eigenvalue weighted by atomic mass is 10.2. The molecule has 1 amide bonds. The number of carbonyl (C=O) groups is 1. The summed E-state index contributed by atoms with van der Waals surface area (Å²) < 4.78 is 7.71. The van der Waals surface area contributed by atoms with Gasteiger partial charge >= 0.3 is 6.09 Å². The Balaban J connectivity index is 1.65. The Morgan fingerprint density at radius 2 is 1.86 bits per heavy atom. The van der Waals surface area contributed by atoms with Gasteiger partial charge in [0.1, 0.15) is 11.1 Å². The molecule has 0 aliphatic carbocycles. The number of hydrogen-bond acceptors (Lipinski definition) is 6. The van der Waals surface area contributed by atoms with E-state index in [2.05, 4.69) is 38.3 Å². The third-order valence-corrected chi connectivity index (χ3v) is 5.49. The van der Waals surface area contributed by atoms with Crippen LogP contribution >= 0.6 is 11.6 Å². The van der Waals surface area contributed by atoms with Crippen LogP contribution < -0.4 is 4.90 Å². The van der Waals surface area contributed by atoms with Crippen LogP contribution in [0.5, 0.6) is 0 Å². The molecule has 0 spiro atoms. The normalized spacial score (nSPS) is 22.4. The largest absolute Gasteiger partial charge is 0.444 e. The van der Waals surface area contributed by atoms with Crippen molar-refractivity contribution in [3.05, 3.63) is 11.6 Å². The molecule has 8 nitrogen and oxygen atoms in total. The maximum atomic E-state index is 12.7. The van der Waals surface area contributed by atoms with Crippen LogP contribution in [0.2, 0.25) is 5.28 Å². The second-order valence-corrected chi connectivity index (χ2v) is 9.25. The maximum Gasteiger partial charge on any atom is 0.410 e. The molecule has 2 bridgehead atoms. The van der Waals surface area contributed by atoms with Gasteiger partial charge in [-0.1, -0.05) is 0 Å². The van der Waals surface area contributed by atoms with E-state index < -0.39 is 5.60 Å². The number of fused-ring (bicyclic) bond motifs is 3. The number of halogens is 1. The van der Waals surface area contributed by atoms with E-state index >= 15 is 0 Å². The highest BCUT2D eigenvalue weighted by Gasteiger charge is 2.45. The molecule has 0 aromatic carbocycles. The average Bonchev–Trinajstić information content (AvgIpc) is 3.11. The van der Waals surface area contributed by atoms with Crippen LogP contribution in [0.3, 0.4) is 0 Å². The predicted molar refractivity (Wildman–Crippen MR) is 108 cm³/mol. The van der Waals surface area contributed by atoms with E-state index in [1.807, 2.05) is 25.7 Å². The minimum Gasteiger partial charge on any atom is -0.444 e. The van der Waals surface area contributed by atoms with Gasteiger partial charge in [0.15, 0.2) is 11.5 Å². The summed E-state index contributed by atoms with van der Waals surface area (Å²) in [5.74, 6) is 0.793. The van der Waals surface area contributed by atoms with Crippen molar-refractivity contribution in [3.8, 4) is 0 Å². The van der Waals surface area contributed by atoms with E-state index in [4.69, 9.17) is 16.3 Å². The topological polar surface area (TPSA) is 76.4 Å². The highest BCUT2D eigenvalue weighted by atomic mass is 35.5. The molecule has 4 rings (SSSR count). The minimum absolute atomic E-state index is 0.104. The molecule has 28 heavy (non-hydrogen) atoms. The van der Waals surface area contributed by atoms with Crippen LogP contribution in [0.4, 0.5) is 10.6 Å². The van der Waals surface area contributed by atoms with Gasteiger partial charge in [0.25, 0.3) is 0 Å². The summed E-state index contributed by atoms with van der Waals surface area (Å²) in [7, 11) is 0. The highest BCUT2D eigenvalue weighted by Crippen LogP contribution is 2.36. The quantitative estimate of drug-likeness (QED) is 0.708. The zero-order chi connectivity index (χ0) is 20.2. The van der Waals surface area contributed by atoms with Crippen LogP contribution in [0.15, 0.2) is 6.33 Å². The van der Waals surface area contributed by atoms with Gasteiger partial charge in [-0.3, -0.25) is 4.90 Å². The van der Waals surface area contributed by atoms with E-state index in [0.29, 0.717) is 18.7 Å². The van der Waals surface area contributed by atoms with Crippen molar-refractivity contribution in [3.63, 3.8) is 0 Å². The Morgan fingerprint density at radius 1 is 1.21 bits per heavy atom. The fraction of sp³-hybridized carbons (Fsp3) is 0.684. The number of anilines is 1. The Morgan fingerprint density at radius 3 is 2.43 bits per heavy atom. The third kappa shape index (κ3) is 3.38. The second-order valence-electron chi connectivity index (χ2n) is 8.91. The lowest BCUT2D eigenvalue weighted by Crippen LogP contribution is -2.57. The summed E-state index contributed by atoms with van der Waals surface area (Å²) in [5.41, 5.74) is 0.999. The highest BCUT2D eigenvalue weighted by molar-refractivity contribution is 6.28. The van der Waals surface area contributed by atoms with E-state index in [0.717, 1.165) is 24.2 Å². The smallest absolute Gasteiger partial charge is 0.410 e. The van der Waals surface area contributed by atoms with Crippen molar-refractivity contribution in [1.29, 1.82) is 0 Å². The molecule has 0 radical (unpaired) electrons. The molecule has 2 fully saturated rings. The summed E-state index contributed by atoms with van der Waals surface area (Å²) in [6, 6.07) is 0.439. The molecular weight excluding hydrogens is 380 g/mol. The molecule has 2 aliphatic heterocycles. The maximum absolute atomic E-state index is 12.7. The molecule has 2 aromatic rings. The molecule has 2 aliphatic rings. The van der Waals surface area contributed by atoms with Crippen LogP contribution in [0.1, 0.15) is 53.5 Å². The van der Waals surface area contributed by atoms with Crippen molar-refractivity contribution in [1.82, 2.24) is 24.4 Å². The number of aromatic nitrogens is 4. The number of nitrogens with zero attached hydrogens (tertiary/aromatic N) is 6. The molecule has 152 valence electrons. The first kappa shape index (κ1) is 19.2. The Kier molecular flexibility index (Phi) is 4.64. The fourth-order valence-electron chi connectivity index (χ4n) is 4.20. The van der Waals surface area contributed by atoms with Gasteiger partial charge in [-0.25, -0.2) is 9.78 Å². The Hall–Kier alpha value is -2.09.